The summed E-state index contributed by atoms with van der Waals surface area (Å²) in [5, 5.41) is 17.7. The van der Waals surface area contributed by atoms with E-state index in [-0.39, 0.29) is 79.0 Å². The van der Waals surface area contributed by atoms with Crippen molar-refractivity contribution in [2.75, 3.05) is 18.9 Å². The molecule has 0 spiro atoms. The van der Waals surface area contributed by atoms with Crippen LogP contribution in [-0.4, -0.2) is 60.0 Å². The number of nitrogens with zero attached hydrogens (tertiary/aromatic N) is 3. The summed E-state index contributed by atoms with van der Waals surface area (Å²) in [4.78, 5) is 21.6. The SMILES string of the molecule is Nc1nc2c(ncn2COC(CO)CO)c(=O)[nH]1.O.O.[H-].[Na+]. The largest absolute Gasteiger partial charge is 1.00 e. The van der Waals surface area contributed by atoms with E-state index in [1.165, 1.54) is 10.9 Å². The summed E-state index contributed by atoms with van der Waals surface area (Å²) in [6, 6.07) is 0. The van der Waals surface area contributed by atoms with Crippen molar-refractivity contribution in [3.05, 3.63) is 16.7 Å². The Morgan fingerprint density at radius 1 is 1.43 bits per heavy atom. The molecule has 2 heterocycles. The molecular formula is C9H18N5NaO6. The zero-order valence-electron chi connectivity index (χ0n) is 12.4. The number of aliphatic hydroxyl groups excluding tert-OH is 2. The maximum Gasteiger partial charge on any atom is 1.00 e. The molecule has 0 atom stereocenters. The molecular weight excluding hydrogens is 297 g/mol. The Balaban J connectivity index is -0.000000902. The van der Waals surface area contributed by atoms with Gasteiger partial charge in [0.05, 0.1) is 19.5 Å². The number of nitrogens with one attached hydrogen (secondary N) is 1. The van der Waals surface area contributed by atoms with Gasteiger partial charge in [0, 0.05) is 0 Å². The predicted octanol–water partition coefficient (Wildman–Crippen LogP) is -6.50. The second kappa shape index (κ2) is 9.81. The van der Waals surface area contributed by atoms with Crippen LogP contribution in [0.25, 0.3) is 11.2 Å². The van der Waals surface area contributed by atoms with Crippen molar-refractivity contribution in [3.63, 3.8) is 0 Å². The van der Waals surface area contributed by atoms with E-state index in [0.717, 1.165) is 0 Å². The Bertz CT molecular complexity index is 604. The summed E-state index contributed by atoms with van der Waals surface area (Å²) in [7, 11) is 0. The van der Waals surface area contributed by atoms with E-state index in [1.807, 2.05) is 0 Å². The van der Waals surface area contributed by atoms with Crippen molar-refractivity contribution in [3.8, 4) is 0 Å². The minimum atomic E-state index is -0.693. The number of aromatic amines is 1. The zero-order chi connectivity index (χ0) is 13.1. The van der Waals surface area contributed by atoms with E-state index in [0.29, 0.717) is 0 Å². The molecule has 0 saturated carbocycles. The van der Waals surface area contributed by atoms with Gasteiger partial charge in [-0.3, -0.25) is 14.3 Å². The van der Waals surface area contributed by atoms with Gasteiger partial charge in [0.1, 0.15) is 12.8 Å². The first-order chi connectivity index (χ1) is 8.65. The summed E-state index contributed by atoms with van der Waals surface area (Å²) >= 11 is 0. The van der Waals surface area contributed by atoms with Gasteiger partial charge in [0.2, 0.25) is 5.95 Å². The topological polar surface area (TPSA) is 202 Å². The van der Waals surface area contributed by atoms with Crippen LogP contribution in [0.4, 0.5) is 5.95 Å². The quantitative estimate of drug-likeness (QED) is 0.392. The number of imidazole rings is 1. The molecule has 0 aliphatic heterocycles. The molecule has 0 unspecified atom stereocenters. The van der Waals surface area contributed by atoms with Gasteiger partial charge in [-0.15, -0.1) is 0 Å². The van der Waals surface area contributed by atoms with Gasteiger partial charge in [0.25, 0.3) is 5.56 Å². The average molecular weight is 315 g/mol. The van der Waals surface area contributed by atoms with E-state index in [9.17, 15) is 4.79 Å². The van der Waals surface area contributed by atoms with Gasteiger partial charge in [-0.2, -0.15) is 4.98 Å². The molecule has 0 amide bonds. The summed E-state index contributed by atoms with van der Waals surface area (Å²) in [6.45, 7) is -0.614. The molecule has 12 heteroatoms. The van der Waals surface area contributed by atoms with Crippen molar-refractivity contribution < 1.29 is 56.9 Å². The van der Waals surface area contributed by atoms with E-state index in [1.54, 1.807) is 0 Å². The Morgan fingerprint density at radius 3 is 2.62 bits per heavy atom. The molecule has 2 aromatic heterocycles. The van der Waals surface area contributed by atoms with Crippen LogP contribution in [0, 0.1) is 0 Å². The molecule has 11 nitrogen and oxygen atoms in total. The summed E-state index contributed by atoms with van der Waals surface area (Å²) in [6.07, 6.45) is 0.680. The monoisotopic (exact) mass is 315 g/mol. The number of ether oxygens (including phenoxy) is 1. The number of anilines is 1. The fourth-order valence-electron chi connectivity index (χ4n) is 1.41. The summed E-state index contributed by atoms with van der Waals surface area (Å²) < 4.78 is 6.66. The molecule has 0 bridgehead atoms. The number of hydrogen-bond acceptors (Lipinski definition) is 7. The first-order valence-corrected chi connectivity index (χ1v) is 5.19. The van der Waals surface area contributed by atoms with Crippen molar-refractivity contribution in [1.82, 2.24) is 19.5 Å². The number of fused-ring (bicyclic) bond motifs is 1. The van der Waals surface area contributed by atoms with Crippen LogP contribution in [0.5, 0.6) is 0 Å². The zero-order valence-corrected chi connectivity index (χ0v) is 13.4. The molecule has 0 radical (unpaired) electrons. The van der Waals surface area contributed by atoms with Crippen LogP contribution in [0.3, 0.4) is 0 Å². The van der Waals surface area contributed by atoms with E-state index < -0.39 is 11.7 Å². The molecule has 0 fully saturated rings. The second-order valence-electron chi connectivity index (χ2n) is 3.62. The van der Waals surface area contributed by atoms with Gasteiger partial charge in [-0.25, -0.2) is 4.98 Å². The molecule has 0 saturated heterocycles. The van der Waals surface area contributed by atoms with Gasteiger partial charge in [-0.05, 0) is 0 Å². The molecule has 116 valence electrons. The molecule has 2 rings (SSSR count). The fourth-order valence-corrected chi connectivity index (χ4v) is 1.41. The van der Waals surface area contributed by atoms with Gasteiger partial charge in [0.15, 0.2) is 11.2 Å². The fraction of sp³-hybridized carbons (Fsp3) is 0.444. The maximum atomic E-state index is 11.5. The standard InChI is InChI=1S/C9H13N5O4.Na.2H2O.H/c10-9-12-7-6(8(17)13-9)11-3-14(7)4-18-5(1-15)2-16;;;;/h3,5,15-16H,1-2,4H2,(H3,10,12,13,17);;2*1H2;/q;+1;;;-1. The number of nitrogen functional groups attached to an aromatic ring is 1. The van der Waals surface area contributed by atoms with Crippen LogP contribution in [0.2, 0.25) is 0 Å². The number of nitrogens with two attached hydrogens (primary N) is 1. The first-order valence-electron chi connectivity index (χ1n) is 5.19. The molecule has 21 heavy (non-hydrogen) atoms. The Morgan fingerprint density at radius 2 is 2.05 bits per heavy atom. The third kappa shape index (κ3) is 5.01. The van der Waals surface area contributed by atoms with Crippen LogP contribution in [0.1, 0.15) is 1.43 Å². The minimum absolute atomic E-state index is 0. The minimum Gasteiger partial charge on any atom is -1.00 e. The van der Waals surface area contributed by atoms with Crippen molar-refractivity contribution in [1.29, 1.82) is 0 Å². The van der Waals surface area contributed by atoms with E-state index in [4.69, 9.17) is 20.7 Å². The van der Waals surface area contributed by atoms with Crippen LogP contribution in [0.15, 0.2) is 11.1 Å². The third-order valence-electron chi connectivity index (χ3n) is 2.35. The number of rotatable bonds is 5. The van der Waals surface area contributed by atoms with Crippen molar-refractivity contribution in [2.45, 2.75) is 12.8 Å². The Kier molecular flexibility index (Phi) is 10.4. The number of hydrogen-bond donors (Lipinski definition) is 4. The average Bonchev–Trinajstić information content (AvgIpc) is 2.74. The molecule has 0 aliphatic rings. The van der Waals surface area contributed by atoms with Gasteiger partial charge < -0.3 is 33.1 Å². The Hall–Kier alpha value is -1.05. The smallest absolute Gasteiger partial charge is 1.00 e. The van der Waals surface area contributed by atoms with Crippen molar-refractivity contribution in [2.24, 2.45) is 0 Å². The molecule has 0 aromatic carbocycles. The first kappa shape index (κ1) is 22.2. The van der Waals surface area contributed by atoms with Gasteiger partial charge >= 0.3 is 29.6 Å². The van der Waals surface area contributed by atoms with Crippen molar-refractivity contribution >= 4 is 17.1 Å². The second-order valence-corrected chi connectivity index (χ2v) is 3.62. The van der Waals surface area contributed by atoms with Gasteiger partial charge in [-0.1, -0.05) is 0 Å². The number of aliphatic hydroxyl groups is 2. The third-order valence-corrected chi connectivity index (χ3v) is 2.35. The number of aromatic nitrogens is 4. The van der Waals surface area contributed by atoms with E-state index >= 15 is 0 Å². The summed E-state index contributed by atoms with van der Waals surface area (Å²) in [5.41, 5.74) is 5.43. The van der Waals surface area contributed by atoms with Crippen LogP contribution in [-0.2, 0) is 11.5 Å². The van der Waals surface area contributed by atoms with E-state index in [2.05, 4.69) is 15.0 Å². The predicted molar refractivity (Wildman–Crippen MR) is 69.9 cm³/mol. The molecule has 2 aromatic rings. The molecule has 0 aliphatic carbocycles. The molecule has 9 N–H and O–H groups in total. The normalized spacial score (nSPS) is 9.86. The van der Waals surface area contributed by atoms with Crippen LogP contribution >= 0.6 is 0 Å². The van der Waals surface area contributed by atoms with Crippen LogP contribution < -0.4 is 40.9 Å². The summed E-state index contributed by atoms with van der Waals surface area (Å²) in [5.74, 6) is -0.0184. The number of H-pyrrole nitrogens is 1. The Labute approximate surface area is 142 Å². The maximum absolute atomic E-state index is 11.5.